The lowest BCUT2D eigenvalue weighted by Gasteiger charge is -2.17. The van der Waals surface area contributed by atoms with Gasteiger partial charge in [0.25, 0.3) is 5.91 Å². The van der Waals surface area contributed by atoms with Crippen LogP contribution in [0.25, 0.3) is 0 Å². The maximum absolute atomic E-state index is 12.1. The Morgan fingerprint density at radius 2 is 1.82 bits per heavy atom. The highest BCUT2D eigenvalue weighted by Crippen LogP contribution is 2.45. The summed E-state index contributed by atoms with van der Waals surface area (Å²) in [4.78, 5) is 24.8. The van der Waals surface area contributed by atoms with Gasteiger partial charge in [0.05, 0.1) is 5.56 Å². The molecule has 17 heavy (non-hydrogen) atoms. The second-order valence-electron chi connectivity index (χ2n) is 4.85. The van der Waals surface area contributed by atoms with Gasteiger partial charge in [-0.25, -0.2) is 4.79 Å². The summed E-state index contributed by atoms with van der Waals surface area (Å²) in [6, 6.07) is 6.25. The van der Waals surface area contributed by atoms with Gasteiger partial charge in [-0.05, 0) is 36.5 Å². The molecule has 3 rings (SSSR count). The average Bonchev–Trinajstić information content (AvgIpc) is 2.95. The number of hydrogen-bond acceptors (Lipinski definition) is 2. The molecule has 88 valence electrons. The highest BCUT2D eigenvalue weighted by atomic mass is 16.4. The number of nitrogens with zero attached hydrogens (tertiary/aromatic N) is 1. The molecule has 2 atom stereocenters. The predicted molar refractivity (Wildman–Crippen MR) is 60.9 cm³/mol. The van der Waals surface area contributed by atoms with Crippen LogP contribution in [0.4, 0.5) is 0 Å². The van der Waals surface area contributed by atoms with Gasteiger partial charge in [0.15, 0.2) is 0 Å². The quantitative estimate of drug-likeness (QED) is 0.838. The highest BCUT2D eigenvalue weighted by molar-refractivity contribution is 5.97. The van der Waals surface area contributed by atoms with Crippen molar-refractivity contribution in [2.75, 3.05) is 13.1 Å². The Morgan fingerprint density at radius 1 is 1.18 bits per heavy atom. The van der Waals surface area contributed by atoms with E-state index < -0.39 is 5.97 Å². The Hall–Kier alpha value is -1.84. The third-order valence-corrected chi connectivity index (χ3v) is 3.62. The van der Waals surface area contributed by atoms with E-state index in [1.165, 1.54) is 18.6 Å². The van der Waals surface area contributed by atoms with E-state index in [2.05, 4.69) is 0 Å². The van der Waals surface area contributed by atoms with Gasteiger partial charge in [0, 0.05) is 18.7 Å². The number of rotatable bonds is 2. The van der Waals surface area contributed by atoms with Crippen LogP contribution in [0.2, 0.25) is 0 Å². The number of hydrogen-bond donors (Lipinski definition) is 1. The largest absolute Gasteiger partial charge is 0.478 e. The molecule has 0 radical (unpaired) electrons. The minimum atomic E-state index is -0.996. The number of carbonyl (C=O) groups is 2. The van der Waals surface area contributed by atoms with Gasteiger partial charge in [0.2, 0.25) is 0 Å². The fourth-order valence-electron chi connectivity index (χ4n) is 2.53. The van der Waals surface area contributed by atoms with Crippen molar-refractivity contribution in [1.29, 1.82) is 0 Å². The van der Waals surface area contributed by atoms with Crippen molar-refractivity contribution >= 4 is 11.9 Å². The van der Waals surface area contributed by atoms with Crippen LogP contribution < -0.4 is 0 Å². The number of piperidine rings is 1. The van der Waals surface area contributed by atoms with Crippen LogP contribution in [0, 0.1) is 11.8 Å². The number of amides is 1. The number of aromatic carboxylic acids is 1. The first-order chi connectivity index (χ1) is 8.15. The number of fused-ring (bicyclic) bond motifs is 1. The number of carboxylic acids is 1. The summed E-state index contributed by atoms with van der Waals surface area (Å²) in [6.45, 7) is 1.67. The maximum atomic E-state index is 12.1. The Labute approximate surface area is 98.9 Å². The van der Waals surface area contributed by atoms with Crippen molar-refractivity contribution in [2.24, 2.45) is 11.8 Å². The second kappa shape index (κ2) is 3.58. The number of likely N-dealkylation sites (tertiary alicyclic amines) is 1. The molecule has 1 saturated carbocycles. The summed E-state index contributed by atoms with van der Waals surface area (Å²) in [6.07, 6.45) is 1.25. The fraction of sp³-hybridized carbons (Fsp3) is 0.385. The first-order valence-corrected chi connectivity index (χ1v) is 5.78. The number of benzene rings is 1. The molecule has 1 aromatic rings. The summed E-state index contributed by atoms with van der Waals surface area (Å²) in [5.74, 6) is 0.354. The topological polar surface area (TPSA) is 57.6 Å². The van der Waals surface area contributed by atoms with E-state index in [-0.39, 0.29) is 11.5 Å². The lowest BCUT2D eigenvalue weighted by Crippen LogP contribution is -2.30. The second-order valence-corrected chi connectivity index (χ2v) is 4.85. The predicted octanol–water partition coefficient (Wildman–Crippen LogP) is 1.48. The smallest absolute Gasteiger partial charge is 0.335 e. The molecule has 0 aromatic heterocycles. The highest BCUT2D eigenvalue weighted by Gasteiger charge is 2.46. The zero-order chi connectivity index (χ0) is 12.0. The third-order valence-electron chi connectivity index (χ3n) is 3.62. The summed E-state index contributed by atoms with van der Waals surface area (Å²) >= 11 is 0. The first kappa shape index (κ1) is 10.3. The van der Waals surface area contributed by atoms with Gasteiger partial charge < -0.3 is 10.0 Å². The van der Waals surface area contributed by atoms with Crippen LogP contribution in [-0.4, -0.2) is 35.0 Å². The Balaban J connectivity index is 1.81. The first-order valence-electron chi connectivity index (χ1n) is 5.78. The van der Waals surface area contributed by atoms with E-state index >= 15 is 0 Å². The average molecular weight is 231 g/mol. The summed E-state index contributed by atoms with van der Waals surface area (Å²) < 4.78 is 0. The molecule has 1 saturated heterocycles. The lowest BCUT2D eigenvalue weighted by molar-refractivity contribution is 0.0697. The third kappa shape index (κ3) is 1.79. The van der Waals surface area contributed by atoms with E-state index in [0.29, 0.717) is 17.4 Å². The van der Waals surface area contributed by atoms with Crippen LogP contribution in [-0.2, 0) is 0 Å². The molecular formula is C13H13NO3. The molecule has 0 bridgehead atoms. The molecule has 4 nitrogen and oxygen atoms in total. The summed E-state index contributed by atoms with van der Waals surface area (Å²) in [5.41, 5.74) is 0.645. The van der Waals surface area contributed by atoms with Crippen molar-refractivity contribution in [3.8, 4) is 0 Å². The van der Waals surface area contributed by atoms with Gasteiger partial charge in [-0.3, -0.25) is 4.79 Å². The molecular weight excluding hydrogens is 218 g/mol. The van der Waals surface area contributed by atoms with Crippen molar-refractivity contribution < 1.29 is 14.7 Å². The maximum Gasteiger partial charge on any atom is 0.335 e. The molecule has 1 N–H and O–H groups in total. The standard InChI is InChI=1S/C13H13NO3/c15-12(14-6-10-5-11(10)7-14)8-2-1-3-9(4-8)13(16)17/h1-4,10-11H,5-7H2,(H,16,17). The zero-order valence-corrected chi connectivity index (χ0v) is 9.30. The van der Waals surface area contributed by atoms with Crippen molar-refractivity contribution in [3.05, 3.63) is 35.4 Å². The lowest BCUT2D eigenvalue weighted by atomic mass is 10.1. The molecule has 0 spiro atoms. The van der Waals surface area contributed by atoms with Crippen molar-refractivity contribution in [3.63, 3.8) is 0 Å². The minimum absolute atomic E-state index is 0.0414. The van der Waals surface area contributed by atoms with Gasteiger partial charge in [-0.1, -0.05) is 6.07 Å². The van der Waals surface area contributed by atoms with Gasteiger partial charge in [0.1, 0.15) is 0 Å². The van der Waals surface area contributed by atoms with Gasteiger partial charge >= 0.3 is 5.97 Å². The summed E-state index contributed by atoms with van der Waals surface area (Å²) in [7, 11) is 0. The van der Waals surface area contributed by atoms with Crippen LogP contribution in [0.1, 0.15) is 27.1 Å². The van der Waals surface area contributed by atoms with E-state index in [1.807, 2.05) is 4.90 Å². The normalized spacial score (nSPS) is 25.5. The molecule has 1 aromatic carbocycles. The van der Waals surface area contributed by atoms with Gasteiger partial charge in [-0.2, -0.15) is 0 Å². The van der Waals surface area contributed by atoms with Crippen molar-refractivity contribution in [1.82, 2.24) is 4.90 Å². The van der Waals surface area contributed by atoms with Crippen LogP contribution in [0.3, 0.4) is 0 Å². The van der Waals surface area contributed by atoms with E-state index in [4.69, 9.17) is 5.11 Å². The van der Waals surface area contributed by atoms with E-state index in [0.717, 1.165) is 13.1 Å². The fourth-order valence-corrected chi connectivity index (χ4v) is 2.53. The monoisotopic (exact) mass is 231 g/mol. The molecule has 2 aliphatic rings. The Bertz CT molecular complexity index is 487. The minimum Gasteiger partial charge on any atom is -0.478 e. The molecule has 2 unspecified atom stereocenters. The summed E-state index contributed by atoms with van der Waals surface area (Å²) in [5, 5.41) is 8.88. The van der Waals surface area contributed by atoms with Crippen LogP contribution >= 0.6 is 0 Å². The Morgan fingerprint density at radius 3 is 2.47 bits per heavy atom. The number of carboxylic acid groups (broad SMARTS) is 1. The molecule has 1 heterocycles. The van der Waals surface area contributed by atoms with Crippen molar-refractivity contribution in [2.45, 2.75) is 6.42 Å². The zero-order valence-electron chi connectivity index (χ0n) is 9.30. The molecule has 1 aliphatic carbocycles. The molecule has 4 heteroatoms. The van der Waals surface area contributed by atoms with Crippen LogP contribution in [0.15, 0.2) is 24.3 Å². The SMILES string of the molecule is O=C(O)c1cccc(C(=O)N2CC3CC3C2)c1. The molecule has 1 amide bonds. The van der Waals surface area contributed by atoms with Gasteiger partial charge in [-0.15, -0.1) is 0 Å². The Kier molecular flexibility index (Phi) is 2.18. The number of carbonyl (C=O) groups excluding carboxylic acids is 1. The molecule has 2 fully saturated rings. The molecule has 1 aliphatic heterocycles. The van der Waals surface area contributed by atoms with E-state index in [9.17, 15) is 9.59 Å². The van der Waals surface area contributed by atoms with E-state index in [1.54, 1.807) is 12.1 Å². The van der Waals surface area contributed by atoms with Crippen LogP contribution in [0.5, 0.6) is 0 Å².